The maximum Gasteiger partial charge on any atom is 0.251 e. The van der Waals surface area contributed by atoms with Crippen molar-refractivity contribution in [1.29, 1.82) is 0 Å². The van der Waals surface area contributed by atoms with Gasteiger partial charge in [0.1, 0.15) is 11.5 Å². The first-order valence-electron chi connectivity index (χ1n) is 7.73. The number of hydrogen-bond acceptors (Lipinski definition) is 2. The fourth-order valence-electron chi connectivity index (χ4n) is 2.39. The second-order valence-electron chi connectivity index (χ2n) is 5.75. The number of rotatable bonds is 4. The third-order valence-electron chi connectivity index (χ3n) is 3.98. The lowest BCUT2D eigenvalue weighted by molar-refractivity contribution is 0.0948. The first-order valence-corrected chi connectivity index (χ1v) is 8.52. The molecule has 3 nitrogen and oxygen atoms in total. The van der Waals surface area contributed by atoms with E-state index in [-0.39, 0.29) is 5.91 Å². The number of amides is 1. The summed E-state index contributed by atoms with van der Waals surface area (Å²) in [5.74, 6) is 1.42. The molecule has 0 saturated heterocycles. The second kappa shape index (κ2) is 7.05. The highest BCUT2D eigenvalue weighted by Crippen LogP contribution is 2.24. The molecule has 0 bridgehead atoms. The number of nitrogens with one attached hydrogen (secondary N) is 1. The van der Waals surface area contributed by atoms with Crippen LogP contribution in [0.3, 0.4) is 0 Å². The van der Waals surface area contributed by atoms with E-state index in [0.717, 1.165) is 27.1 Å². The van der Waals surface area contributed by atoms with Gasteiger partial charge in [0.25, 0.3) is 5.91 Å². The number of halogens is 1. The van der Waals surface area contributed by atoms with Crippen molar-refractivity contribution in [3.63, 3.8) is 0 Å². The van der Waals surface area contributed by atoms with Gasteiger partial charge in [-0.2, -0.15) is 0 Å². The lowest BCUT2D eigenvalue weighted by Crippen LogP contribution is -2.22. The number of benzene rings is 2. The van der Waals surface area contributed by atoms with Gasteiger partial charge in [0.05, 0.1) is 6.54 Å². The Hall–Kier alpha value is -2.33. The van der Waals surface area contributed by atoms with Crippen LogP contribution in [-0.2, 0) is 6.54 Å². The van der Waals surface area contributed by atoms with Crippen molar-refractivity contribution in [2.75, 3.05) is 0 Å². The molecular formula is C20H18BrNO2. The lowest BCUT2D eigenvalue weighted by Gasteiger charge is -2.06. The number of carbonyl (C=O) groups excluding carboxylic acids is 1. The van der Waals surface area contributed by atoms with Crippen molar-refractivity contribution in [2.45, 2.75) is 20.4 Å². The molecule has 0 unspecified atom stereocenters. The summed E-state index contributed by atoms with van der Waals surface area (Å²) in [6.45, 7) is 4.40. The standard InChI is InChI=1S/C20H18BrNO2/c1-13-3-4-16(11-14(13)2)20(23)22-12-18-9-10-19(24-18)15-5-7-17(21)8-6-15/h3-11H,12H2,1-2H3,(H,22,23). The molecule has 4 heteroatoms. The summed E-state index contributed by atoms with van der Waals surface area (Å²) in [6.07, 6.45) is 0. The Balaban J connectivity index is 1.65. The molecule has 3 aromatic rings. The molecule has 0 fully saturated rings. The zero-order valence-electron chi connectivity index (χ0n) is 13.6. The average molecular weight is 384 g/mol. The highest BCUT2D eigenvalue weighted by atomic mass is 79.9. The molecule has 24 heavy (non-hydrogen) atoms. The summed E-state index contributed by atoms with van der Waals surface area (Å²) in [6, 6.07) is 17.4. The van der Waals surface area contributed by atoms with E-state index in [1.807, 2.05) is 68.4 Å². The zero-order valence-corrected chi connectivity index (χ0v) is 15.2. The first kappa shape index (κ1) is 16.5. The van der Waals surface area contributed by atoms with E-state index in [0.29, 0.717) is 12.1 Å². The van der Waals surface area contributed by atoms with E-state index in [1.165, 1.54) is 5.56 Å². The smallest absolute Gasteiger partial charge is 0.251 e. The Labute approximate surface area is 149 Å². The SMILES string of the molecule is Cc1ccc(C(=O)NCc2ccc(-c3ccc(Br)cc3)o2)cc1C. The molecule has 0 aliphatic rings. The molecule has 0 aliphatic heterocycles. The minimum Gasteiger partial charge on any atom is -0.459 e. The van der Waals surface area contributed by atoms with E-state index in [2.05, 4.69) is 21.2 Å². The fourth-order valence-corrected chi connectivity index (χ4v) is 2.66. The van der Waals surface area contributed by atoms with Crippen molar-refractivity contribution in [2.24, 2.45) is 0 Å². The Morgan fingerprint density at radius 1 is 1.00 bits per heavy atom. The van der Waals surface area contributed by atoms with Crippen molar-refractivity contribution in [3.05, 3.63) is 81.5 Å². The molecule has 3 rings (SSSR count). The van der Waals surface area contributed by atoms with Crippen LogP contribution >= 0.6 is 15.9 Å². The molecule has 0 radical (unpaired) electrons. The monoisotopic (exact) mass is 383 g/mol. The van der Waals surface area contributed by atoms with Crippen LogP contribution in [0.5, 0.6) is 0 Å². The normalized spacial score (nSPS) is 10.6. The minimum atomic E-state index is -0.0975. The van der Waals surface area contributed by atoms with Crippen LogP contribution in [-0.4, -0.2) is 5.91 Å². The minimum absolute atomic E-state index is 0.0975. The van der Waals surface area contributed by atoms with Gasteiger partial charge >= 0.3 is 0 Å². The molecular weight excluding hydrogens is 366 g/mol. The molecule has 0 aliphatic carbocycles. The molecule has 0 saturated carbocycles. The molecule has 1 aromatic heterocycles. The van der Waals surface area contributed by atoms with Crippen molar-refractivity contribution in [1.82, 2.24) is 5.32 Å². The first-order chi connectivity index (χ1) is 11.5. The molecule has 1 N–H and O–H groups in total. The van der Waals surface area contributed by atoms with Gasteiger partial charge in [-0.3, -0.25) is 4.79 Å². The van der Waals surface area contributed by atoms with E-state index < -0.39 is 0 Å². The molecule has 122 valence electrons. The summed E-state index contributed by atoms with van der Waals surface area (Å²) < 4.78 is 6.84. The number of aryl methyl sites for hydroxylation is 2. The summed E-state index contributed by atoms with van der Waals surface area (Å²) in [5, 5.41) is 2.90. The van der Waals surface area contributed by atoms with Crippen LogP contribution in [0.2, 0.25) is 0 Å². The lowest BCUT2D eigenvalue weighted by atomic mass is 10.1. The van der Waals surface area contributed by atoms with Crippen LogP contribution in [0, 0.1) is 13.8 Å². The predicted molar refractivity (Wildman–Crippen MR) is 98.9 cm³/mol. The van der Waals surface area contributed by atoms with Crippen molar-refractivity contribution >= 4 is 21.8 Å². The van der Waals surface area contributed by atoms with Gasteiger partial charge < -0.3 is 9.73 Å². The van der Waals surface area contributed by atoms with E-state index in [4.69, 9.17) is 4.42 Å². The summed E-state index contributed by atoms with van der Waals surface area (Å²) in [5.41, 5.74) is 3.96. The maximum absolute atomic E-state index is 12.2. The van der Waals surface area contributed by atoms with Crippen LogP contribution in [0.4, 0.5) is 0 Å². The molecule has 0 atom stereocenters. The van der Waals surface area contributed by atoms with Crippen LogP contribution in [0.1, 0.15) is 27.2 Å². The number of carbonyl (C=O) groups is 1. The van der Waals surface area contributed by atoms with E-state index in [9.17, 15) is 4.79 Å². The number of furan rings is 1. The third-order valence-corrected chi connectivity index (χ3v) is 4.51. The summed E-state index contributed by atoms with van der Waals surface area (Å²) >= 11 is 3.42. The van der Waals surface area contributed by atoms with Crippen LogP contribution in [0.25, 0.3) is 11.3 Å². The Morgan fingerprint density at radius 3 is 2.46 bits per heavy atom. The Bertz CT molecular complexity index is 866. The van der Waals surface area contributed by atoms with Gasteiger partial charge in [-0.15, -0.1) is 0 Å². The van der Waals surface area contributed by atoms with Gasteiger partial charge in [0.2, 0.25) is 0 Å². The second-order valence-corrected chi connectivity index (χ2v) is 6.67. The topological polar surface area (TPSA) is 42.2 Å². The van der Waals surface area contributed by atoms with Gasteiger partial charge in [-0.25, -0.2) is 0 Å². The number of hydrogen-bond donors (Lipinski definition) is 1. The molecule has 0 spiro atoms. The fraction of sp³-hybridized carbons (Fsp3) is 0.150. The molecule has 1 heterocycles. The summed E-state index contributed by atoms with van der Waals surface area (Å²) in [4.78, 5) is 12.2. The van der Waals surface area contributed by atoms with Gasteiger partial charge in [0, 0.05) is 15.6 Å². The van der Waals surface area contributed by atoms with Gasteiger partial charge in [0.15, 0.2) is 0 Å². The highest BCUT2D eigenvalue weighted by molar-refractivity contribution is 9.10. The third kappa shape index (κ3) is 3.77. The van der Waals surface area contributed by atoms with Crippen molar-refractivity contribution < 1.29 is 9.21 Å². The van der Waals surface area contributed by atoms with E-state index >= 15 is 0 Å². The molecule has 1 amide bonds. The quantitative estimate of drug-likeness (QED) is 0.667. The molecule has 2 aromatic carbocycles. The predicted octanol–water partition coefficient (Wildman–Crippen LogP) is 5.26. The zero-order chi connectivity index (χ0) is 17.1. The largest absolute Gasteiger partial charge is 0.459 e. The van der Waals surface area contributed by atoms with Crippen molar-refractivity contribution in [3.8, 4) is 11.3 Å². The Kier molecular flexibility index (Phi) is 4.86. The Morgan fingerprint density at radius 2 is 1.75 bits per heavy atom. The van der Waals surface area contributed by atoms with Crippen LogP contribution in [0.15, 0.2) is 63.5 Å². The summed E-state index contributed by atoms with van der Waals surface area (Å²) in [7, 11) is 0. The highest BCUT2D eigenvalue weighted by Gasteiger charge is 2.09. The maximum atomic E-state index is 12.2. The van der Waals surface area contributed by atoms with E-state index in [1.54, 1.807) is 0 Å². The van der Waals surface area contributed by atoms with Gasteiger partial charge in [-0.05, 0) is 61.4 Å². The van der Waals surface area contributed by atoms with Crippen LogP contribution < -0.4 is 5.32 Å². The average Bonchev–Trinajstić information content (AvgIpc) is 3.05. The van der Waals surface area contributed by atoms with Gasteiger partial charge in [-0.1, -0.05) is 34.1 Å².